The van der Waals surface area contributed by atoms with Crippen molar-refractivity contribution in [2.75, 3.05) is 26.9 Å². The monoisotopic (exact) mass is 421 g/mol. The molecule has 1 fully saturated rings. The molecule has 1 N–H and O–H groups in total. The van der Waals surface area contributed by atoms with Crippen LogP contribution in [0.3, 0.4) is 0 Å². The van der Waals surface area contributed by atoms with Crippen LogP contribution in [0, 0.1) is 5.92 Å². The first-order chi connectivity index (χ1) is 13.0. The molecular weight excluding hydrogens is 390 g/mol. The summed E-state index contributed by atoms with van der Waals surface area (Å²) < 4.78 is 6.22. The Bertz CT molecular complexity index is 728. The molecule has 0 saturated heterocycles. The van der Waals surface area contributed by atoms with Crippen LogP contribution in [0.2, 0.25) is 0 Å². The van der Waals surface area contributed by atoms with Crippen molar-refractivity contribution < 1.29 is 9.84 Å². The summed E-state index contributed by atoms with van der Waals surface area (Å²) in [4.78, 5) is 3.38. The van der Waals surface area contributed by atoms with E-state index in [9.17, 15) is 5.11 Å². The van der Waals surface area contributed by atoms with Gasteiger partial charge in [0.15, 0.2) is 0 Å². The summed E-state index contributed by atoms with van der Waals surface area (Å²) in [6, 6.07) is 18.7. The van der Waals surface area contributed by atoms with Crippen molar-refractivity contribution in [2.45, 2.75) is 42.5 Å². The number of nitrogens with zero attached hydrogens (tertiary/aromatic N) is 1. The third kappa shape index (κ3) is 5.74. The molecule has 0 aromatic heterocycles. The first kappa shape index (κ1) is 23.2. The van der Waals surface area contributed by atoms with Gasteiger partial charge in [-0.1, -0.05) is 42.5 Å². The molecular formula is C23H32ClNO2S. The second kappa shape index (κ2) is 10.7. The van der Waals surface area contributed by atoms with E-state index in [2.05, 4.69) is 61.6 Å². The summed E-state index contributed by atoms with van der Waals surface area (Å²) in [5.41, 5.74) is 1.46. The Balaban J connectivity index is 0.00000280. The van der Waals surface area contributed by atoms with Crippen molar-refractivity contribution in [3.63, 3.8) is 0 Å². The molecule has 3 rings (SSSR count). The number of rotatable bonds is 7. The molecule has 2 aromatic carbocycles. The van der Waals surface area contributed by atoms with Crippen LogP contribution in [-0.2, 0) is 16.9 Å². The summed E-state index contributed by atoms with van der Waals surface area (Å²) in [5, 5.41) is 11.7. The van der Waals surface area contributed by atoms with E-state index in [0.717, 1.165) is 31.4 Å². The van der Waals surface area contributed by atoms with Crippen molar-refractivity contribution in [3.05, 3.63) is 65.7 Å². The van der Waals surface area contributed by atoms with Crippen LogP contribution in [0.15, 0.2) is 59.5 Å². The van der Waals surface area contributed by atoms with Crippen molar-refractivity contribution in [3.8, 4) is 0 Å². The number of benzene rings is 2. The van der Waals surface area contributed by atoms with Crippen LogP contribution in [-0.4, -0.2) is 43.0 Å². The highest BCUT2D eigenvalue weighted by molar-refractivity contribution is 7.98. The Morgan fingerprint density at radius 2 is 1.89 bits per heavy atom. The van der Waals surface area contributed by atoms with Gasteiger partial charge in [-0.05, 0) is 62.9 Å². The molecule has 2 aromatic rings. The van der Waals surface area contributed by atoms with Gasteiger partial charge in [0.1, 0.15) is 0 Å². The third-order valence-corrected chi connectivity index (χ3v) is 6.28. The lowest BCUT2D eigenvalue weighted by Crippen LogP contribution is -2.46. The van der Waals surface area contributed by atoms with Crippen LogP contribution in [0.1, 0.15) is 30.4 Å². The lowest BCUT2D eigenvalue weighted by atomic mass is 9.70. The molecule has 0 radical (unpaired) electrons. The molecule has 3 nitrogen and oxygen atoms in total. The molecule has 28 heavy (non-hydrogen) atoms. The minimum Gasteiger partial charge on any atom is -0.385 e. The molecule has 5 heteroatoms. The van der Waals surface area contributed by atoms with Crippen LogP contribution >= 0.6 is 24.2 Å². The van der Waals surface area contributed by atoms with E-state index in [1.54, 1.807) is 11.8 Å². The van der Waals surface area contributed by atoms with Crippen molar-refractivity contribution in [2.24, 2.45) is 5.92 Å². The molecule has 1 aliphatic rings. The van der Waals surface area contributed by atoms with Gasteiger partial charge in [-0.3, -0.25) is 0 Å². The second-order valence-corrected chi connectivity index (χ2v) is 8.69. The Labute approximate surface area is 179 Å². The Hall–Kier alpha value is -1.04. The summed E-state index contributed by atoms with van der Waals surface area (Å²) in [6.45, 7) is 1.49. The number of aliphatic hydroxyl groups is 1. The molecule has 154 valence electrons. The zero-order valence-electron chi connectivity index (χ0n) is 17.0. The van der Waals surface area contributed by atoms with Crippen LogP contribution in [0.5, 0.6) is 0 Å². The lowest BCUT2D eigenvalue weighted by molar-refractivity contribution is -0.110. The summed E-state index contributed by atoms with van der Waals surface area (Å²) in [5.74, 6) is 0.152. The number of hydrogen-bond donors (Lipinski definition) is 1. The molecule has 0 amide bonds. The van der Waals surface area contributed by atoms with Gasteiger partial charge in [0.2, 0.25) is 0 Å². The minimum absolute atomic E-state index is 0. The Kier molecular flexibility index (Phi) is 8.84. The Morgan fingerprint density at radius 3 is 2.57 bits per heavy atom. The fourth-order valence-electron chi connectivity index (χ4n) is 4.09. The van der Waals surface area contributed by atoms with E-state index in [0.29, 0.717) is 6.61 Å². The second-order valence-electron chi connectivity index (χ2n) is 7.81. The zero-order valence-corrected chi connectivity index (χ0v) is 18.6. The molecule has 0 heterocycles. The number of hydrogen-bond acceptors (Lipinski definition) is 4. The highest BCUT2D eigenvalue weighted by atomic mass is 35.5. The van der Waals surface area contributed by atoms with Gasteiger partial charge in [-0.25, -0.2) is 0 Å². The largest absolute Gasteiger partial charge is 0.385 e. The van der Waals surface area contributed by atoms with Crippen LogP contribution < -0.4 is 0 Å². The first-order valence-corrected chi connectivity index (χ1v) is 10.9. The zero-order chi connectivity index (χ0) is 19.3. The summed E-state index contributed by atoms with van der Waals surface area (Å²) in [7, 11) is 4.15. The standard InChI is InChI=1S/C23H31NO2S.ClH/c1-24(2)16-20-14-21(26-17-18-8-5-4-6-9-18)12-13-23(20,25)19-10-7-11-22(15-19)27-3;/h4-11,15,20-21,25H,12-14,16-17H2,1-3H3;1H/t20-,21+,23+;/m0./s1. The van der Waals surface area contributed by atoms with E-state index in [1.807, 2.05) is 18.2 Å². The van der Waals surface area contributed by atoms with E-state index in [4.69, 9.17) is 4.74 Å². The normalized spacial score (nSPS) is 24.8. The predicted molar refractivity (Wildman–Crippen MR) is 120 cm³/mol. The maximum Gasteiger partial charge on any atom is 0.0939 e. The molecule has 0 bridgehead atoms. The summed E-state index contributed by atoms with van der Waals surface area (Å²) in [6.07, 6.45) is 4.78. The van der Waals surface area contributed by atoms with Gasteiger partial charge in [0.25, 0.3) is 0 Å². The average molecular weight is 422 g/mol. The lowest BCUT2D eigenvalue weighted by Gasteiger charge is -2.44. The molecule has 0 unspecified atom stereocenters. The van der Waals surface area contributed by atoms with Crippen LogP contribution in [0.25, 0.3) is 0 Å². The fraction of sp³-hybridized carbons (Fsp3) is 0.478. The Morgan fingerprint density at radius 1 is 1.14 bits per heavy atom. The average Bonchev–Trinajstić information content (AvgIpc) is 2.69. The molecule has 0 aliphatic heterocycles. The fourth-order valence-corrected chi connectivity index (χ4v) is 4.55. The number of thioether (sulfide) groups is 1. The highest BCUT2D eigenvalue weighted by Gasteiger charge is 2.43. The smallest absolute Gasteiger partial charge is 0.0939 e. The molecule has 3 atom stereocenters. The number of halogens is 1. The van der Waals surface area contributed by atoms with Crippen molar-refractivity contribution in [1.82, 2.24) is 4.90 Å². The minimum atomic E-state index is -0.789. The van der Waals surface area contributed by atoms with E-state index in [-0.39, 0.29) is 24.4 Å². The van der Waals surface area contributed by atoms with Crippen molar-refractivity contribution >= 4 is 24.2 Å². The quantitative estimate of drug-likeness (QED) is 0.640. The van der Waals surface area contributed by atoms with Crippen molar-refractivity contribution in [1.29, 1.82) is 0 Å². The number of ether oxygens (including phenoxy) is 1. The van der Waals surface area contributed by atoms with Gasteiger partial charge < -0.3 is 14.7 Å². The predicted octanol–water partition coefficient (Wildman–Crippen LogP) is 4.97. The van der Waals surface area contributed by atoms with E-state index >= 15 is 0 Å². The molecule has 0 spiro atoms. The third-order valence-electron chi connectivity index (χ3n) is 5.55. The van der Waals surface area contributed by atoms with Gasteiger partial charge >= 0.3 is 0 Å². The van der Waals surface area contributed by atoms with Crippen LogP contribution in [0.4, 0.5) is 0 Å². The van der Waals surface area contributed by atoms with Gasteiger partial charge in [-0.2, -0.15) is 0 Å². The van der Waals surface area contributed by atoms with E-state index < -0.39 is 5.60 Å². The molecule has 1 aliphatic carbocycles. The van der Waals surface area contributed by atoms with E-state index in [1.165, 1.54) is 10.5 Å². The van der Waals surface area contributed by atoms with Gasteiger partial charge in [-0.15, -0.1) is 24.2 Å². The van der Waals surface area contributed by atoms with Gasteiger partial charge in [0, 0.05) is 17.4 Å². The maximum absolute atomic E-state index is 11.7. The van der Waals surface area contributed by atoms with Gasteiger partial charge in [0.05, 0.1) is 18.3 Å². The topological polar surface area (TPSA) is 32.7 Å². The SMILES string of the molecule is CSc1cccc([C@]2(O)CC[C@@H](OCc3ccccc3)C[C@H]2CN(C)C)c1.Cl. The summed E-state index contributed by atoms with van der Waals surface area (Å²) >= 11 is 1.72. The first-order valence-electron chi connectivity index (χ1n) is 9.68. The highest BCUT2D eigenvalue weighted by Crippen LogP contribution is 2.43. The molecule has 1 saturated carbocycles. The maximum atomic E-state index is 11.7.